The number of carbonyl (C=O) groups is 1. The Hall–Kier alpha value is -1.58. The molecule has 0 atom stereocenters. The van der Waals surface area contributed by atoms with E-state index in [1.54, 1.807) is 6.07 Å². The van der Waals surface area contributed by atoms with Gasteiger partial charge in [0.25, 0.3) is 5.91 Å². The fourth-order valence-electron chi connectivity index (χ4n) is 2.50. The molecule has 3 nitrogen and oxygen atoms in total. The zero-order valence-electron chi connectivity index (χ0n) is 10.2. The van der Waals surface area contributed by atoms with Gasteiger partial charge in [0.2, 0.25) is 0 Å². The first-order chi connectivity index (χ1) is 8.66. The number of carbonyl (C=O) groups excluding carboxylic acids is 1. The van der Waals surface area contributed by atoms with E-state index in [4.69, 9.17) is 5.73 Å². The molecular formula is C14H17FN2O. The van der Waals surface area contributed by atoms with Crippen molar-refractivity contribution in [2.24, 2.45) is 11.8 Å². The van der Waals surface area contributed by atoms with E-state index in [0.29, 0.717) is 11.8 Å². The van der Waals surface area contributed by atoms with Gasteiger partial charge in [0, 0.05) is 6.04 Å². The minimum Gasteiger partial charge on any atom is -0.396 e. The molecule has 0 radical (unpaired) electrons. The Kier molecular flexibility index (Phi) is 2.73. The van der Waals surface area contributed by atoms with Gasteiger partial charge in [0.1, 0.15) is 5.82 Å². The van der Waals surface area contributed by atoms with Crippen molar-refractivity contribution in [3.05, 3.63) is 29.6 Å². The number of benzene rings is 1. The molecule has 2 saturated carbocycles. The largest absolute Gasteiger partial charge is 0.396 e. The molecule has 0 aliphatic heterocycles. The van der Waals surface area contributed by atoms with Crippen molar-refractivity contribution in [2.75, 3.05) is 5.73 Å². The van der Waals surface area contributed by atoms with E-state index in [2.05, 4.69) is 5.32 Å². The smallest absolute Gasteiger partial charge is 0.253 e. The summed E-state index contributed by atoms with van der Waals surface area (Å²) >= 11 is 0. The number of rotatable bonds is 4. The molecule has 1 aromatic rings. The lowest BCUT2D eigenvalue weighted by Gasteiger charge is -2.18. The van der Waals surface area contributed by atoms with Crippen LogP contribution in [-0.4, -0.2) is 11.9 Å². The van der Waals surface area contributed by atoms with Gasteiger partial charge in [0.05, 0.1) is 11.3 Å². The summed E-state index contributed by atoms with van der Waals surface area (Å²) in [7, 11) is 0. The van der Waals surface area contributed by atoms with E-state index in [1.165, 1.54) is 37.8 Å². The van der Waals surface area contributed by atoms with Crippen LogP contribution in [0.25, 0.3) is 0 Å². The number of amides is 1. The lowest BCUT2D eigenvalue weighted by atomic mass is 10.1. The number of halogens is 1. The van der Waals surface area contributed by atoms with Crippen molar-refractivity contribution in [1.29, 1.82) is 0 Å². The third-order valence-corrected chi connectivity index (χ3v) is 3.86. The second-order valence-corrected chi connectivity index (χ2v) is 5.38. The zero-order chi connectivity index (χ0) is 12.7. The summed E-state index contributed by atoms with van der Waals surface area (Å²) in [6.45, 7) is 0. The highest BCUT2D eigenvalue weighted by Crippen LogP contribution is 2.44. The molecule has 0 heterocycles. The van der Waals surface area contributed by atoms with E-state index >= 15 is 0 Å². The molecule has 1 aromatic carbocycles. The highest BCUT2D eigenvalue weighted by Gasteiger charge is 2.42. The van der Waals surface area contributed by atoms with E-state index in [1.807, 2.05) is 0 Å². The van der Waals surface area contributed by atoms with E-state index in [-0.39, 0.29) is 23.2 Å². The Bertz CT molecular complexity index is 469. The van der Waals surface area contributed by atoms with Gasteiger partial charge in [-0.15, -0.1) is 0 Å². The number of hydrogen-bond donors (Lipinski definition) is 2. The molecule has 1 amide bonds. The number of nitrogen functional groups attached to an aromatic ring is 1. The van der Waals surface area contributed by atoms with E-state index < -0.39 is 5.82 Å². The summed E-state index contributed by atoms with van der Waals surface area (Å²) in [5.74, 6) is 0.473. The molecule has 18 heavy (non-hydrogen) atoms. The quantitative estimate of drug-likeness (QED) is 0.803. The first-order valence-electron chi connectivity index (χ1n) is 6.51. The van der Waals surface area contributed by atoms with Crippen molar-refractivity contribution in [3.63, 3.8) is 0 Å². The Balaban J connectivity index is 1.75. The Morgan fingerprint density at radius 1 is 1.28 bits per heavy atom. The Morgan fingerprint density at radius 3 is 2.44 bits per heavy atom. The van der Waals surface area contributed by atoms with Crippen LogP contribution in [0.3, 0.4) is 0 Å². The fraction of sp³-hybridized carbons (Fsp3) is 0.500. The number of anilines is 1. The molecule has 96 valence electrons. The normalized spacial score (nSPS) is 19.0. The van der Waals surface area contributed by atoms with E-state index in [9.17, 15) is 9.18 Å². The Labute approximate surface area is 106 Å². The number of para-hydroxylation sites is 1. The van der Waals surface area contributed by atoms with Gasteiger partial charge in [0.15, 0.2) is 0 Å². The molecule has 2 fully saturated rings. The van der Waals surface area contributed by atoms with Crippen molar-refractivity contribution in [2.45, 2.75) is 31.7 Å². The van der Waals surface area contributed by atoms with Gasteiger partial charge in [-0.1, -0.05) is 6.07 Å². The van der Waals surface area contributed by atoms with Gasteiger partial charge < -0.3 is 11.1 Å². The maximum Gasteiger partial charge on any atom is 0.253 e. The number of nitrogens with one attached hydrogen (secondary N) is 1. The van der Waals surface area contributed by atoms with Crippen LogP contribution in [0, 0.1) is 17.7 Å². The summed E-state index contributed by atoms with van der Waals surface area (Å²) in [4.78, 5) is 12.1. The average Bonchev–Trinajstić information content (AvgIpc) is 3.22. The van der Waals surface area contributed by atoms with E-state index in [0.717, 1.165) is 0 Å². The van der Waals surface area contributed by atoms with Crippen LogP contribution in [0.1, 0.15) is 36.0 Å². The topological polar surface area (TPSA) is 55.1 Å². The predicted octanol–water partition coefficient (Wildman–Crippen LogP) is 2.33. The Morgan fingerprint density at radius 2 is 1.89 bits per heavy atom. The standard InChI is InChI=1S/C14H17FN2O/c15-11-3-1-2-10(12(11)16)14(18)17-13(8-4-5-8)9-6-7-9/h1-3,8-9,13H,4-7,16H2,(H,17,18). The summed E-state index contributed by atoms with van der Waals surface area (Å²) in [5.41, 5.74) is 5.80. The predicted molar refractivity (Wildman–Crippen MR) is 67.5 cm³/mol. The summed E-state index contributed by atoms with van der Waals surface area (Å²) in [5, 5.41) is 3.04. The molecule has 0 unspecified atom stereocenters. The SMILES string of the molecule is Nc1c(F)cccc1C(=O)NC(C1CC1)C1CC1. The molecule has 2 aliphatic carbocycles. The van der Waals surface area contributed by atoms with Gasteiger partial charge >= 0.3 is 0 Å². The monoisotopic (exact) mass is 248 g/mol. The van der Waals surface area contributed by atoms with Crippen molar-refractivity contribution >= 4 is 11.6 Å². The van der Waals surface area contributed by atoms with Crippen LogP contribution in [0.15, 0.2) is 18.2 Å². The van der Waals surface area contributed by atoms with Crippen LogP contribution >= 0.6 is 0 Å². The lowest BCUT2D eigenvalue weighted by molar-refractivity contribution is 0.0927. The van der Waals surface area contributed by atoms with Crippen molar-refractivity contribution in [1.82, 2.24) is 5.32 Å². The molecule has 3 N–H and O–H groups in total. The van der Waals surface area contributed by atoms with Gasteiger partial charge in [-0.25, -0.2) is 4.39 Å². The minimum atomic E-state index is -0.531. The van der Waals surface area contributed by atoms with Crippen LogP contribution < -0.4 is 11.1 Å². The first kappa shape index (κ1) is 11.5. The third-order valence-electron chi connectivity index (χ3n) is 3.86. The molecule has 0 bridgehead atoms. The second-order valence-electron chi connectivity index (χ2n) is 5.38. The maximum absolute atomic E-state index is 13.3. The maximum atomic E-state index is 13.3. The molecular weight excluding hydrogens is 231 g/mol. The van der Waals surface area contributed by atoms with Crippen LogP contribution in [0.4, 0.5) is 10.1 Å². The van der Waals surface area contributed by atoms with Crippen molar-refractivity contribution in [3.8, 4) is 0 Å². The van der Waals surface area contributed by atoms with Gasteiger partial charge in [-0.3, -0.25) is 4.79 Å². The molecule has 0 spiro atoms. The highest BCUT2D eigenvalue weighted by molar-refractivity contribution is 5.99. The summed E-state index contributed by atoms with van der Waals surface area (Å²) < 4.78 is 13.3. The fourth-order valence-corrected chi connectivity index (χ4v) is 2.50. The number of nitrogens with two attached hydrogens (primary N) is 1. The molecule has 0 saturated heterocycles. The lowest BCUT2D eigenvalue weighted by Crippen LogP contribution is -2.38. The zero-order valence-corrected chi connectivity index (χ0v) is 10.2. The average molecular weight is 248 g/mol. The molecule has 4 heteroatoms. The molecule has 0 aromatic heterocycles. The van der Waals surface area contributed by atoms with Crippen LogP contribution in [0.5, 0.6) is 0 Å². The minimum absolute atomic E-state index is 0.0552. The first-order valence-corrected chi connectivity index (χ1v) is 6.51. The van der Waals surface area contributed by atoms with Crippen LogP contribution in [0.2, 0.25) is 0 Å². The number of hydrogen-bond acceptors (Lipinski definition) is 2. The van der Waals surface area contributed by atoms with Crippen LogP contribution in [-0.2, 0) is 0 Å². The van der Waals surface area contributed by atoms with Gasteiger partial charge in [-0.2, -0.15) is 0 Å². The summed E-state index contributed by atoms with van der Waals surface area (Å²) in [6, 6.07) is 4.62. The molecule has 2 aliphatic rings. The summed E-state index contributed by atoms with van der Waals surface area (Å²) in [6.07, 6.45) is 4.78. The second kappa shape index (κ2) is 4.26. The van der Waals surface area contributed by atoms with Gasteiger partial charge in [-0.05, 0) is 49.7 Å². The third kappa shape index (κ3) is 2.19. The van der Waals surface area contributed by atoms with Crippen molar-refractivity contribution < 1.29 is 9.18 Å². The highest BCUT2D eigenvalue weighted by atomic mass is 19.1. The molecule has 3 rings (SSSR count).